The number of rotatable bonds is 1. The Morgan fingerprint density at radius 1 is 0.769 bits per heavy atom. The van der Waals surface area contributed by atoms with E-state index < -0.39 is 0 Å². The van der Waals surface area contributed by atoms with E-state index >= 15 is 0 Å². The van der Waals surface area contributed by atoms with Crippen molar-refractivity contribution >= 4 is 29.1 Å². The molecule has 52 heavy (non-hydrogen) atoms. The molecule has 2 saturated carbocycles. The van der Waals surface area contributed by atoms with Crippen molar-refractivity contribution in [2.75, 3.05) is 38.2 Å². The molecule has 0 bridgehead atoms. The topological polar surface area (TPSA) is 128 Å². The molecule has 2 amide bonds. The first-order valence-corrected chi connectivity index (χ1v) is 18.9. The van der Waals surface area contributed by atoms with Crippen LogP contribution in [0.5, 0.6) is 5.75 Å². The Hall–Kier alpha value is -5.09. The monoisotopic (exact) mass is 711 g/mol. The summed E-state index contributed by atoms with van der Waals surface area (Å²) in [5.74, 6) is 1.07. The van der Waals surface area contributed by atoms with E-state index in [2.05, 4.69) is 61.8 Å². The quantitative estimate of drug-likeness (QED) is 0.157. The van der Waals surface area contributed by atoms with E-state index in [0.29, 0.717) is 11.8 Å². The third-order valence-corrected chi connectivity index (χ3v) is 12.9. The molecule has 4 aromatic heterocycles. The van der Waals surface area contributed by atoms with E-state index in [9.17, 15) is 9.59 Å². The maximum absolute atomic E-state index is 12.7. The van der Waals surface area contributed by atoms with Crippen LogP contribution in [-0.2, 0) is 36.5 Å². The first kappa shape index (κ1) is 30.5. The summed E-state index contributed by atoms with van der Waals surface area (Å²) in [7, 11) is 2.09. The zero-order valence-electron chi connectivity index (χ0n) is 29.0. The molecule has 0 unspecified atom stereocenters. The number of pyridine rings is 2. The average Bonchev–Trinajstić information content (AvgIpc) is 4.04. The van der Waals surface area contributed by atoms with Gasteiger partial charge in [0.15, 0.2) is 0 Å². The molecule has 7 aliphatic rings. The number of likely N-dealkylation sites (N-methyl/N-ethyl adjacent to an activating group) is 1. The number of carbonyl (C=O) groups is 2. The number of halogens is 1. The highest BCUT2D eigenvalue weighted by Crippen LogP contribution is 2.54. The molecule has 4 aliphatic carbocycles. The summed E-state index contributed by atoms with van der Waals surface area (Å²) in [5.41, 5.74) is 16.8. The van der Waals surface area contributed by atoms with E-state index in [0.717, 1.165) is 139 Å². The van der Waals surface area contributed by atoms with Crippen molar-refractivity contribution in [2.24, 2.45) is 0 Å². The van der Waals surface area contributed by atoms with Crippen molar-refractivity contribution in [3.05, 3.63) is 92.6 Å². The zero-order chi connectivity index (χ0) is 34.9. The van der Waals surface area contributed by atoms with Crippen molar-refractivity contribution in [2.45, 2.75) is 62.2 Å². The normalized spacial score (nSPS) is 20.0. The first-order chi connectivity index (χ1) is 25.3. The van der Waals surface area contributed by atoms with Crippen molar-refractivity contribution in [1.82, 2.24) is 30.6 Å². The summed E-state index contributed by atoms with van der Waals surface area (Å²) in [6.45, 7) is 3.13. The summed E-state index contributed by atoms with van der Waals surface area (Å²) in [4.78, 5) is 43.5. The van der Waals surface area contributed by atoms with Gasteiger partial charge < -0.3 is 30.2 Å². The highest BCUT2D eigenvalue weighted by atomic mass is 35.5. The number of amides is 2. The Kier molecular flexibility index (Phi) is 6.30. The molecule has 12 rings (SSSR count). The summed E-state index contributed by atoms with van der Waals surface area (Å²) in [5, 5.41) is 6.70. The number of aryl methyl sites for hydroxylation is 2. The number of aromatic nitrogens is 4. The molecular formula is C41H38ClN7O3. The second kappa shape index (κ2) is 10.7. The predicted molar refractivity (Wildman–Crippen MR) is 199 cm³/mol. The van der Waals surface area contributed by atoms with Crippen LogP contribution in [0.2, 0.25) is 5.15 Å². The zero-order valence-corrected chi connectivity index (χ0v) is 29.7. The van der Waals surface area contributed by atoms with Gasteiger partial charge in [0.2, 0.25) is 0 Å². The lowest BCUT2D eigenvalue weighted by molar-refractivity contribution is 0.0928. The SMILES string of the molecule is CN1CCOc2cc(-c3cc4c(cn3)CCc3c-4[nH]c4c3C(=O)NCC43CC3)ccc21.O=C1NCC2(CC2)c2[nH]c3c(c21)CCc1cnc(Cl)cc1-3. The van der Waals surface area contributed by atoms with Gasteiger partial charge in [0.1, 0.15) is 17.5 Å². The third kappa shape index (κ3) is 4.42. The molecule has 2 fully saturated rings. The fourth-order valence-electron chi connectivity index (χ4n) is 9.34. The Labute approximate surface area is 305 Å². The fraction of sp³-hybridized carbons (Fsp3) is 0.366. The lowest BCUT2D eigenvalue weighted by Gasteiger charge is -2.28. The van der Waals surface area contributed by atoms with Crippen molar-refractivity contribution < 1.29 is 14.3 Å². The number of benzene rings is 1. The Morgan fingerprint density at radius 2 is 1.37 bits per heavy atom. The van der Waals surface area contributed by atoms with Crippen molar-refractivity contribution in [3.8, 4) is 39.5 Å². The van der Waals surface area contributed by atoms with E-state index in [4.69, 9.17) is 21.3 Å². The van der Waals surface area contributed by atoms with Crippen molar-refractivity contribution in [3.63, 3.8) is 0 Å². The number of carbonyl (C=O) groups excluding carboxylic acids is 2. The van der Waals surface area contributed by atoms with Crippen molar-refractivity contribution in [1.29, 1.82) is 0 Å². The van der Waals surface area contributed by atoms with Crippen LogP contribution in [0.4, 0.5) is 5.69 Å². The second-order valence-electron chi connectivity index (χ2n) is 15.7. The molecule has 0 saturated heterocycles. The van der Waals surface area contributed by atoms with Crippen LogP contribution >= 0.6 is 11.6 Å². The van der Waals surface area contributed by atoms with Gasteiger partial charge >= 0.3 is 0 Å². The number of nitrogens with one attached hydrogen (secondary N) is 4. The average molecular weight is 712 g/mol. The Morgan fingerprint density at radius 3 is 1.98 bits per heavy atom. The maximum atomic E-state index is 12.7. The molecule has 4 N–H and O–H groups in total. The van der Waals surface area contributed by atoms with Gasteiger partial charge in [-0.2, -0.15) is 0 Å². The number of fused-ring (bicyclic) bond motifs is 13. The number of ether oxygens (including phenoxy) is 1. The lowest BCUT2D eigenvalue weighted by atomic mass is 9.86. The smallest absolute Gasteiger partial charge is 0.253 e. The number of H-pyrrole nitrogens is 2. The summed E-state index contributed by atoms with van der Waals surface area (Å²) < 4.78 is 5.90. The first-order valence-electron chi connectivity index (χ1n) is 18.5. The van der Waals surface area contributed by atoms with Crippen LogP contribution in [-0.4, -0.2) is 65.0 Å². The summed E-state index contributed by atoms with van der Waals surface area (Å²) >= 11 is 6.06. The number of hydrogen-bond donors (Lipinski definition) is 4. The number of aromatic amines is 2. The van der Waals surface area contributed by atoms with Gasteiger partial charge in [-0.1, -0.05) is 17.7 Å². The molecule has 1 aromatic carbocycles. The van der Waals surface area contributed by atoms with E-state index in [1.807, 2.05) is 18.5 Å². The van der Waals surface area contributed by atoms with Gasteiger partial charge in [0.25, 0.3) is 11.8 Å². The maximum Gasteiger partial charge on any atom is 0.253 e. The van der Waals surface area contributed by atoms with E-state index in [-0.39, 0.29) is 22.6 Å². The minimum absolute atomic E-state index is 0.0728. The highest BCUT2D eigenvalue weighted by molar-refractivity contribution is 6.29. The minimum Gasteiger partial charge on any atom is -0.490 e. The van der Waals surface area contributed by atoms with Gasteiger partial charge in [0.05, 0.1) is 40.4 Å². The van der Waals surface area contributed by atoms with Crippen LogP contribution in [0.15, 0.2) is 42.7 Å². The van der Waals surface area contributed by atoms with Gasteiger partial charge in [-0.15, -0.1) is 0 Å². The molecule has 5 aromatic rings. The molecule has 11 heteroatoms. The van der Waals surface area contributed by atoms with Gasteiger partial charge in [-0.3, -0.25) is 14.6 Å². The van der Waals surface area contributed by atoms with Crippen LogP contribution in [0.3, 0.4) is 0 Å². The Bertz CT molecular complexity index is 2400. The van der Waals surface area contributed by atoms with Gasteiger partial charge in [-0.05, 0) is 97.9 Å². The van der Waals surface area contributed by atoms with E-state index in [1.54, 1.807) is 0 Å². The molecule has 262 valence electrons. The molecule has 0 atom stereocenters. The summed E-state index contributed by atoms with van der Waals surface area (Å²) in [6.07, 6.45) is 12.1. The fourth-order valence-corrected chi connectivity index (χ4v) is 9.50. The molecule has 7 heterocycles. The van der Waals surface area contributed by atoms with Gasteiger partial charge in [-0.25, -0.2) is 4.98 Å². The molecule has 2 spiro atoms. The molecule has 0 radical (unpaired) electrons. The number of anilines is 1. The van der Waals surface area contributed by atoms with Crippen LogP contribution < -0.4 is 20.3 Å². The summed E-state index contributed by atoms with van der Waals surface area (Å²) in [6, 6.07) is 10.4. The van der Waals surface area contributed by atoms with Gasteiger partial charge in [0, 0.05) is 71.4 Å². The second-order valence-corrected chi connectivity index (χ2v) is 16.1. The van der Waals surface area contributed by atoms with Crippen LogP contribution in [0.1, 0.15) is 80.0 Å². The number of nitrogens with zero attached hydrogens (tertiary/aromatic N) is 3. The lowest BCUT2D eigenvalue weighted by Crippen LogP contribution is -2.39. The van der Waals surface area contributed by atoms with E-state index in [1.165, 1.54) is 22.3 Å². The molecule has 10 nitrogen and oxygen atoms in total. The highest BCUT2D eigenvalue weighted by Gasteiger charge is 2.53. The van der Waals surface area contributed by atoms with Crippen LogP contribution in [0.25, 0.3) is 33.8 Å². The largest absolute Gasteiger partial charge is 0.490 e. The third-order valence-electron chi connectivity index (χ3n) is 12.7. The molecular weight excluding hydrogens is 674 g/mol. The standard InChI is InChI=1S/C25H24N4O2.C16H14ClN3O/c1-29-8-9-31-20-10-14(3-5-19(20)29)18-11-17-15(12-26-18)2-4-16-21-23(28-22(16)17)25(6-7-25)13-27-24(21)30;17-11-5-10-8(6-18-11)1-2-9-12-14(20-13(9)10)16(3-4-16)7-19-15(12)21/h3,5,10-12,28H,2,4,6-9,13H2,1H3,(H,27,30);5-6,20H,1-4,7H2,(H,19,21). The predicted octanol–water partition coefficient (Wildman–Crippen LogP) is 6.05. The Balaban J connectivity index is 0.000000133. The number of hydrogen-bond acceptors (Lipinski definition) is 6. The van der Waals surface area contributed by atoms with Crippen LogP contribution in [0, 0.1) is 0 Å². The minimum atomic E-state index is 0.0728. The molecule has 3 aliphatic heterocycles.